The number of rotatable bonds is 9. The van der Waals surface area contributed by atoms with Crippen LogP contribution < -0.4 is 4.72 Å². The minimum atomic E-state index is -3.56. The van der Waals surface area contributed by atoms with Crippen molar-refractivity contribution in [1.82, 2.24) is 4.72 Å². The van der Waals surface area contributed by atoms with E-state index >= 15 is 0 Å². The molecule has 0 unspecified atom stereocenters. The van der Waals surface area contributed by atoms with Crippen LogP contribution in [0.5, 0.6) is 0 Å². The molecule has 7 heteroatoms. The van der Waals surface area contributed by atoms with Crippen molar-refractivity contribution >= 4 is 16.0 Å². The molecule has 0 aliphatic carbocycles. The molecular weight excluding hydrogens is 258 g/mol. The molecule has 0 aromatic rings. The smallest absolute Gasteiger partial charge is 0.306 e. The predicted octanol–water partition coefficient (Wildman–Crippen LogP) is 0.410. The van der Waals surface area contributed by atoms with Gasteiger partial charge < -0.3 is 9.84 Å². The van der Waals surface area contributed by atoms with Crippen molar-refractivity contribution in [2.45, 2.75) is 45.6 Å². The van der Waals surface area contributed by atoms with Gasteiger partial charge in [-0.3, -0.25) is 4.79 Å². The Morgan fingerprint density at radius 1 is 1.28 bits per heavy atom. The maximum Gasteiger partial charge on any atom is 0.306 e. The Morgan fingerprint density at radius 2 is 1.83 bits per heavy atom. The van der Waals surface area contributed by atoms with Crippen LogP contribution in [0.15, 0.2) is 0 Å². The third-order valence-electron chi connectivity index (χ3n) is 2.82. The molecule has 0 bridgehead atoms. The van der Waals surface area contributed by atoms with Gasteiger partial charge in [-0.2, -0.15) is 0 Å². The number of ether oxygens (including phenoxy) is 1. The van der Waals surface area contributed by atoms with E-state index < -0.39 is 21.6 Å². The summed E-state index contributed by atoms with van der Waals surface area (Å²) in [4.78, 5) is 11.0. The third kappa shape index (κ3) is 6.93. The second-order valence-corrected chi connectivity index (χ2v) is 6.05. The van der Waals surface area contributed by atoms with Gasteiger partial charge in [-0.1, -0.05) is 13.8 Å². The second-order valence-electron chi connectivity index (χ2n) is 4.13. The summed E-state index contributed by atoms with van der Waals surface area (Å²) in [5, 5.41) is 9.94. The molecule has 0 rings (SSSR count). The van der Waals surface area contributed by atoms with Gasteiger partial charge in [0.25, 0.3) is 0 Å². The maximum absolute atomic E-state index is 11.6. The van der Waals surface area contributed by atoms with Gasteiger partial charge in [-0.05, 0) is 19.8 Å². The normalized spacial score (nSPS) is 12.4. The average molecular weight is 281 g/mol. The Balaban J connectivity index is 4.20. The highest BCUT2D eigenvalue weighted by Crippen LogP contribution is 2.13. The fourth-order valence-corrected chi connectivity index (χ4v) is 2.34. The Labute approximate surface area is 109 Å². The molecule has 6 nitrogen and oxygen atoms in total. The molecule has 0 amide bonds. The lowest BCUT2D eigenvalue weighted by atomic mass is 9.98. The number of hydrogen-bond acceptors (Lipinski definition) is 5. The summed E-state index contributed by atoms with van der Waals surface area (Å²) in [5.41, 5.74) is -1.03. The molecule has 0 aromatic heterocycles. The molecule has 0 aliphatic heterocycles. The number of sulfonamides is 1. The standard InChI is InChI=1S/C11H23NO5S/c1-4-11(14,5-2)9-12-18(15,16)8-7-10(13)17-6-3/h12,14H,4-9H2,1-3H3. The van der Waals surface area contributed by atoms with Gasteiger partial charge in [0.05, 0.1) is 24.4 Å². The van der Waals surface area contributed by atoms with Crippen LogP contribution >= 0.6 is 0 Å². The zero-order chi connectivity index (χ0) is 14.2. The Hall–Kier alpha value is -0.660. The van der Waals surface area contributed by atoms with Crippen LogP contribution in [0.3, 0.4) is 0 Å². The molecule has 18 heavy (non-hydrogen) atoms. The maximum atomic E-state index is 11.6. The summed E-state index contributed by atoms with van der Waals surface area (Å²) in [6.45, 7) is 5.43. The first-order chi connectivity index (χ1) is 8.28. The highest BCUT2D eigenvalue weighted by Gasteiger charge is 2.25. The minimum absolute atomic E-state index is 0.0365. The van der Waals surface area contributed by atoms with Gasteiger partial charge >= 0.3 is 5.97 Å². The van der Waals surface area contributed by atoms with E-state index in [1.54, 1.807) is 20.8 Å². The van der Waals surface area contributed by atoms with Crippen molar-refractivity contribution < 1.29 is 23.1 Å². The van der Waals surface area contributed by atoms with E-state index in [0.717, 1.165) is 0 Å². The molecule has 2 N–H and O–H groups in total. The Kier molecular flexibility index (Phi) is 7.42. The molecule has 0 saturated heterocycles. The summed E-state index contributed by atoms with van der Waals surface area (Å²) < 4.78 is 30.1. The fourth-order valence-electron chi connectivity index (χ4n) is 1.27. The summed E-state index contributed by atoms with van der Waals surface area (Å²) in [5.74, 6) is -0.862. The van der Waals surface area contributed by atoms with Crippen LogP contribution in [-0.2, 0) is 19.6 Å². The van der Waals surface area contributed by atoms with Crippen molar-refractivity contribution in [3.63, 3.8) is 0 Å². The molecule has 0 radical (unpaired) electrons. The lowest BCUT2D eigenvalue weighted by molar-refractivity contribution is -0.142. The summed E-state index contributed by atoms with van der Waals surface area (Å²) >= 11 is 0. The van der Waals surface area contributed by atoms with Gasteiger partial charge in [-0.15, -0.1) is 0 Å². The predicted molar refractivity (Wildman–Crippen MR) is 68.6 cm³/mol. The number of hydrogen-bond donors (Lipinski definition) is 2. The zero-order valence-electron chi connectivity index (χ0n) is 11.2. The number of aliphatic hydroxyl groups is 1. The van der Waals surface area contributed by atoms with E-state index in [1.807, 2.05) is 0 Å². The van der Waals surface area contributed by atoms with E-state index in [2.05, 4.69) is 9.46 Å². The Morgan fingerprint density at radius 3 is 2.28 bits per heavy atom. The van der Waals surface area contributed by atoms with Gasteiger partial charge in [-0.25, -0.2) is 13.1 Å². The molecule has 0 fully saturated rings. The summed E-state index contributed by atoms with van der Waals surface area (Å²) in [7, 11) is -3.56. The molecule has 0 aromatic carbocycles. The van der Waals surface area contributed by atoms with Crippen LogP contribution in [0.2, 0.25) is 0 Å². The minimum Gasteiger partial charge on any atom is -0.466 e. The highest BCUT2D eigenvalue weighted by molar-refractivity contribution is 7.89. The van der Waals surface area contributed by atoms with E-state index in [1.165, 1.54) is 0 Å². The van der Waals surface area contributed by atoms with Crippen LogP contribution in [0.4, 0.5) is 0 Å². The van der Waals surface area contributed by atoms with Gasteiger partial charge in [0.1, 0.15) is 0 Å². The number of esters is 1. The van der Waals surface area contributed by atoms with Crippen LogP contribution in [0.1, 0.15) is 40.0 Å². The third-order valence-corrected chi connectivity index (χ3v) is 4.14. The second kappa shape index (κ2) is 7.70. The average Bonchev–Trinajstić information content (AvgIpc) is 2.34. The van der Waals surface area contributed by atoms with E-state index in [0.29, 0.717) is 12.8 Å². The molecular formula is C11H23NO5S. The Bertz CT molecular complexity index is 348. The molecule has 0 aliphatic rings. The molecule has 0 spiro atoms. The highest BCUT2D eigenvalue weighted by atomic mass is 32.2. The zero-order valence-corrected chi connectivity index (χ0v) is 12.0. The van der Waals surface area contributed by atoms with Gasteiger partial charge in [0.15, 0.2) is 0 Å². The number of nitrogens with one attached hydrogen (secondary N) is 1. The van der Waals surface area contributed by atoms with Gasteiger partial charge in [0.2, 0.25) is 10.0 Å². The monoisotopic (exact) mass is 281 g/mol. The molecule has 0 atom stereocenters. The van der Waals surface area contributed by atoms with Gasteiger partial charge in [0, 0.05) is 6.54 Å². The van der Waals surface area contributed by atoms with Crippen LogP contribution in [0, 0.1) is 0 Å². The largest absolute Gasteiger partial charge is 0.466 e. The lowest BCUT2D eigenvalue weighted by Gasteiger charge is -2.25. The number of carbonyl (C=O) groups excluding carboxylic acids is 1. The van der Waals surface area contributed by atoms with Crippen molar-refractivity contribution in [3.05, 3.63) is 0 Å². The molecule has 0 saturated carbocycles. The number of carbonyl (C=O) groups is 1. The SMILES string of the molecule is CCOC(=O)CCS(=O)(=O)NCC(O)(CC)CC. The van der Waals surface area contributed by atoms with Crippen molar-refractivity contribution in [3.8, 4) is 0 Å². The molecule has 108 valence electrons. The lowest BCUT2D eigenvalue weighted by Crippen LogP contribution is -2.42. The van der Waals surface area contributed by atoms with Crippen molar-refractivity contribution in [2.75, 3.05) is 18.9 Å². The molecule has 0 heterocycles. The van der Waals surface area contributed by atoms with E-state index in [9.17, 15) is 18.3 Å². The first-order valence-electron chi connectivity index (χ1n) is 6.14. The summed E-state index contributed by atoms with van der Waals surface area (Å²) in [6.07, 6.45) is 0.744. The fraction of sp³-hybridized carbons (Fsp3) is 0.909. The first kappa shape index (κ1) is 17.3. The van der Waals surface area contributed by atoms with Crippen molar-refractivity contribution in [1.29, 1.82) is 0 Å². The van der Waals surface area contributed by atoms with Crippen LogP contribution in [0.25, 0.3) is 0 Å². The first-order valence-corrected chi connectivity index (χ1v) is 7.79. The van der Waals surface area contributed by atoms with Crippen LogP contribution in [-0.4, -0.2) is 44.0 Å². The summed E-state index contributed by atoms with van der Waals surface area (Å²) in [6, 6.07) is 0. The quantitative estimate of drug-likeness (QED) is 0.597. The van der Waals surface area contributed by atoms with E-state index in [4.69, 9.17) is 0 Å². The van der Waals surface area contributed by atoms with Crippen molar-refractivity contribution in [2.24, 2.45) is 0 Å². The van der Waals surface area contributed by atoms with E-state index in [-0.39, 0.29) is 25.3 Å². The topological polar surface area (TPSA) is 92.7 Å².